The highest BCUT2D eigenvalue weighted by atomic mass is 79.9. The highest BCUT2D eigenvalue weighted by Crippen LogP contribution is 2.22. The Hall–Kier alpha value is -1.10. The van der Waals surface area contributed by atoms with Crippen molar-refractivity contribution in [2.45, 2.75) is 6.54 Å². The van der Waals surface area contributed by atoms with Gasteiger partial charge in [-0.15, -0.1) is 0 Å². The topological polar surface area (TPSA) is 38.0 Å². The lowest BCUT2D eigenvalue weighted by Crippen LogP contribution is -2.13. The maximum Gasteiger partial charge on any atom is 0.106 e. The molecular weight excluding hydrogens is 344 g/mol. The fraction of sp³-hybridized carbons (Fsp3) is 0.0714. The summed E-state index contributed by atoms with van der Waals surface area (Å²) in [5.41, 5.74) is 8.55. The monoisotopic (exact) mass is 354 g/mol. The lowest BCUT2D eigenvalue weighted by atomic mass is 10.1. The number of hydrogen-bond donors (Lipinski definition) is 2. The third-order valence-electron chi connectivity index (χ3n) is 2.62. The Labute approximate surface area is 131 Å². The van der Waals surface area contributed by atoms with E-state index in [0.717, 1.165) is 26.3 Å². The van der Waals surface area contributed by atoms with Gasteiger partial charge in [0.1, 0.15) is 4.99 Å². The molecule has 0 saturated carbocycles. The van der Waals surface area contributed by atoms with E-state index >= 15 is 0 Å². The molecule has 0 aromatic heterocycles. The predicted molar refractivity (Wildman–Crippen MR) is 88.8 cm³/mol. The number of halogens is 2. The number of thiocarbonyl (C=S) groups is 1. The van der Waals surface area contributed by atoms with E-state index in [-0.39, 0.29) is 0 Å². The average molecular weight is 356 g/mol. The van der Waals surface area contributed by atoms with Crippen molar-refractivity contribution in [1.29, 1.82) is 0 Å². The van der Waals surface area contributed by atoms with E-state index in [4.69, 9.17) is 29.6 Å². The molecule has 0 saturated heterocycles. The van der Waals surface area contributed by atoms with E-state index in [0.29, 0.717) is 11.5 Å². The van der Waals surface area contributed by atoms with Crippen LogP contribution in [0.25, 0.3) is 0 Å². The van der Waals surface area contributed by atoms with Gasteiger partial charge in [0.05, 0.1) is 0 Å². The number of hydrogen-bond acceptors (Lipinski definition) is 2. The molecule has 0 radical (unpaired) electrons. The Morgan fingerprint density at radius 1 is 1.26 bits per heavy atom. The Bertz CT molecular complexity index is 616. The van der Waals surface area contributed by atoms with Gasteiger partial charge < -0.3 is 11.1 Å². The first-order valence-corrected chi connectivity index (χ1v) is 7.22. The van der Waals surface area contributed by atoms with Gasteiger partial charge in [0.15, 0.2) is 0 Å². The highest BCUT2D eigenvalue weighted by Gasteiger charge is 2.05. The van der Waals surface area contributed by atoms with Crippen LogP contribution in [0.2, 0.25) is 5.02 Å². The summed E-state index contributed by atoms with van der Waals surface area (Å²) in [5.74, 6) is 0. The van der Waals surface area contributed by atoms with Crippen molar-refractivity contribution in [2.75, 3.05) is 5.32 Å². The minimum Gasteiger partial charge on any atom is -0.389 e. The average Bonchev–Trinajstić information content (AvgIpc) is 2.36. The normalized spacial score (nSPS) is 10.2. The van der Waals surface area contributed by atoms with Crippen LogP contribution < -0.4 is 11.1 Å². The van der Waals surface area contributed by atoms with Crippen LogP contribution in [-0.4, -0.2) is 4.99 Å². The van der Waals surface area contributed by atoms with Crippen molar-refractivity contribution in [3.63, 3.8) is 0 Å². The Kier molecular flexibility index (Phi) is 4.80. The first kappa shape index (κ1) is 14.3. The minimum absolute atomic E-state index is 0.376. The van der Waals surface area contributed by atoms with Crippen LogP contribution in [0.5, 0.6) is 0 Å². The van der Waals surface area contributed by atoms with Crippen molar-refractivity contribution < 1.29 is 0 Å². The number of anilines is 1. The molecule has 2 nitrogen and oxygen atoms in total. The number of rotatable bonds is 4. The van der Waals surface area contributed by atoms with Crippen LogP contribution in [0.3, 0.4) is 0 Å². The van der Waals surface area contributed by atoms with Gasteiger partial charge >= 0.3 is 0 Å². The molecule has 98 valence electrons. The quantitative estimate of drug-likeness (QED) is 0.801. The summed E-state index contributed by atoms with van der Waals surface area (Å²) in [6.45, 7) is 0.659. The Morgan fingerprint density at radius 2 is 2.05 bits per heavy atom. The van der Waals surface area contributed by atoms with Crippen molar-refractivity contribution in [3.05, 3.63) is 63.1 Å². The molecular formula is C14H12BrClN2S. The molecule has 0 atom stereocenters. The summed E-state index contributed by atoms with van der Waals surface area (Å²) < 4.78 is 0.973. The van der Waals surface area contributed by atoms with E-state index in [2.05, 4.69) is 21.2 Å². The molecule has 0 aliphatic carbocycles. The number of nitrogens with two attached hydrogens (primary N) is 1. The lowest BCUT2D eigenvalue weighted by Gasteiger charge is -2.12. The Morgan fingerprint density at radius 3 is 2.74 bits per heavy atom. The molecule has 0 aliphatic rings. The van der Waals surface area contributed by atoms with E-state index < -0.39 is 0 Å². The highest BCUT2D eigenvalue weighted by molar-refractivity contribution is 9.10. The molecule has 0 heterocycles. The molecule has 0 aliphatic heterocycles. The van der Waals surface area contributed by atoms with E-state index in [1.165, 1.54) is 0 Å². The molecule has 0 unspecified atom stereocenters. The summed E-state index contributed by atoms with van der Waals surface area (Å²) in [6.07, 6.45) is 0. The van der Waals surface area contributed by atoms with Crippen molar-refractivity contribution in [1.82, 2.24) is 0 Å². The molecule has 0 fully saturated rings. The van der Waals surface area contributed by atoms with Gasteiger partial charge in [0, 0.05) is 27.3 Å². The van der Waals surface area contributed by atoms with Crippen LogP contribution in [-0.2, 0) is 6.54 Å². The summed E-state index contributed by atoms with van der Waals surface area (Å²) in [7, 11) is 0. The zero-order valence-electron chi connectivity index (χ0n) is 9.99. The standard InChI is InChI=1S/C14H12BrClN2S/c15-10-4-5-12(14(17)19)13(7-10)18-8-9-2-1-3-11(16)6-9/h1-7,18H,8H2,(H2,17,19). The third-order valence-corrected chi connectivity index (χ3v) is 3.57. The van der Waals surface area contributed by atoms with E-state index in [1.54, 1.807) is 0 Å². The fourth-order valence-electron chi connectivity index (χ4n) is 1.72. The molecule has 2 rings (SSSR count). The largest absolute Gasteiger partial charge is 0.389 e. The molecule has 2 aromatic rings. The maximum absolute atomic E-state index is 5.96. The van der Waals surface area contributed by atoms with Crippen molar-refractivity contribution in [3.8, 4) is 0 Å². The number of benzene rings is 2. The summed E-state index contributed by atoms with van der Waals surface area (Å²) in [6, 6.07) is 13.5. The van der Waals surface area contributed by atoms with E-state index in [1.807, 2.05) is 42.5 Å². The van der Waals surface area contributed by atoms with Gasteiger partial charge in [0.25, 0.3) is 0 Å². The predicted octanol–water partition coefficient (Wildman–Crippen LogP) is 4.35. The molecule has 0 bridgehead atoms. The van der Waals surface area contributed by atoms with Crippen LogP contribution in [0, 0.1) is 0 Å². The first-order valence-electron chi connectivity index (χ1n) is 5.64. The van der Waals surface area contributed by atoms with Crippen LogP contribution in [0.4, 0.5) is 5.69 Å². The second kappa shape index (κ2) is 6.37. The second-order valence-corrected chi connectivity index (χ2v) is 5.83. The minimum atomic E-state index is 0.376. The van der Waals surface area contributed by atoms with Gasteiger partial charge in [-0.3, -0.25) is 0 Å². The third kappa shape index (κ3) is 3.93. The smallest absolute Gasteiger partial charge is 0.106 e. The maximum atomic E-state index is 5.96. The van der Waals surface area contributed by atoms with Crippen molar-refractivity contribution in [2.24, 2.45) is 5.73 Å². The fourth-order valence-corrected chi connectivity index (χ4v) is 2.47. The van der Waals surface area contributed by atoms with Gasteiger partial charge in [-0.05, 0) is 35.9 Å². The number of nitrogens with one attached hydrogen (secondary N) is 1. The lowest BCUT2D eigenvalue weighted by molar-refractivity contribution is 1.15. The zero-order chi connectivity index (χ0) is 13.8. The second-order valence-electron chi connectivity index (χ2n) is 4.04. The van der Waals surface area contributed by atoms with Gasteiger partial charge in [-0.2, -0.15) is 0 Å². The Balaban J connectivity index is 2.19. The van der Waals surface area contributed by atoms with E-state index in [9.17, 15) is 0 Å². The molecule has 3 N–H and O–H groups in total. The summed E-state index contributed by atoms with van der Waals surface area (Å²) in [5, 5.41) is 4.05. The molecule has 0 amide bonds. The SMILES string of the molecule is NC(=S)c1ccc(Br)cc1NCc1cccc(Cl)c1. The summed E-state index contributed by atoms with van der Waals surface area (Å²) in [4.78, 5) is 0.376. The van der Waals surface area contributed by atoms with Crippen LogP contribution in [0.15, 0.2) is 46.9 Å². The molecule has 2 aromatic carbocycles. The van der Waals surface area contributed by atoms with Gasteiger partial charge in [0.2, 0.25) is 0 Å². The van der Waals surface area contributed by atoms with Crippen molar-refractivity contribution >= 4 is 50.4 Å². The van der Waals surface area contributed by atoms with Crippen LogP contribution >= 0.6 is 39.7 Å². The molecule has 5 heteroatoms. The van der Waals surface area contributed by atoms with Crippen LogP contribution in [0.1, 0.15) is 11.1 Å². The van der Waals surface area contributed by atoms with Gasteiger partial charge in [-0.1, -0.05) is 51.9 Å². The van der Waals surface area contributed by atoms with Gasteiger partial charge in [-0.25, -0.2) is 0 Å². The summed E-state index contributed by atoms with van der Waals surface area (Å²) >= 11 is 14.4. The molecule has 19 heavy (non-hydrogen) atoms. The zero-order valence-corrected chi connectivity index (χ0v) is 13.1. The first-order chi connectivity index (χ1) is 9.06. The molecule has 0 spiro atoms.